The summed E-state index contributed by atoms with van der Waals surface area (Å²) < 4.78 is 6.49. The summed E-state index contributed by atoms with van der Waals surface area (Å²) >= 11 is 0. The third-order valence-electron chi connectivity index (χ3n) is 5.43. The number of hydrogen-bond acceptors (Lipinski definition) is 6. The SMILES string of the molecule is COc1ccc(C(=O)NC2CCN(c3cnn(Cc4ccccc4)c(=O)c3)CC2)cn1. The van der Waals surface area contributed by atoms with Crippen LogP contribution >= 0.6 is 0 Å². The van der Waals surface area contributed by atoms with Gasteiger partial charge in [0.15, 0.2) is 0 Å². The standard InChI is InChI=1S/C23H25N5O3/c1-31-21-8-7-18(14-24-21)23(30)26-19-9-11-27(12-10-19)20-13-22(29)28(25-15-20)16-17-5-3-2-4-6-17/h2-8,13-15,19H,9-12,16H2,1H3,(H,26,30). The van der Waals surface area contributed by atoms with Crippen LogP contribution in [0.15, 0.2) is 65.7 Å². The molecule has 1 fully saturated rings. The third kappa shape index (κ3) is 5.09. The number of pyridine rings is 1. The quantitative estimate of drug-likeness (QED) is 0.658. The molecule has 0 bridgehead atoms. The molecule has 1 amide bonds. The summed E-state index contributed by atoms with van der Waals surface area (Å²) in [5, 5.41) is 7.41. The Morgan fingerprint density at radius 1 is 1.13 bits per heavy atom. The van der Waals surface area contributed by atoms with Crippen molar-refractivity contribution < 1.29 is 9.53 Å². The molecule has 3 heterocycles. The minimum Gasteiger partial charge on any atom is -0.481 e. The van der Waals surface area contributed by atoms with Gasteiger partial charge in [0.2, 0.25) is 5.88 Å². The summed E-state index contributed by atoms with van der Waals surface area (Å²) in [5.41, 5.74) is 2.24. The number of nitrogens with zero attached hydrogens (tertiary/aromatic N) is 4. The van der Waals surface area contributed by atoms with Crippen molar-refractivity contribution in [2.75, 3.05) is 25.1 Å². The Morgan fingerprint density at radius 3 is 2.55 bits per heavy atom. The van der Waals surface area contributed by atoms with Crippen molar-refractivity contribution in [2.24, 2.45) is 0 Å². The van der Waals surface area contributed by atoms with Gasteiger partial charge in [-0.2, -0.15) is 5.10 Å². The van der Waals surface area contributed by atoms with E-state index >= 15 is 0 Å². The van der Waals surface area contributed by atoms with E-state index in [1.165, 1.54) is 18.0 Å². The van der Waals surface area contributed by atoms with E-state index < -0.39 is 0 Å². The van der Waals surface area contributed by atoms with Crippen molar-refractivity contribution in [1.82, 2.24) is 20.1 Å². The Balaban J connectivity index is 1.32. The zero-order valence-electron chi connectivity index (χ0n) is 17.4. The van der Waals surface area contributed by atoms with E-state index in [0.29, 0.717) is 18.0 Å². The Kier molecular flexibility index (Phi) is 6.26. The average molecular weight is 419 g/mol. The first-order valence-corrected chi connectivity index (χ1v) is 10.3. The highest BCUT2D eigenvalue weighted by Gasteiger charge is 2.22. The molecule has 4 rings (SSSR count). The molecule has 0 atom stereocenters. The Hall–Kier alpha value is -3.68. The first-order valence-electron chi connectivity index (χ1n) is 10.3. The number of piperidine rings is 1. The largest absolute Gasteiger partial charge is 0.481 e. The number of rotatable bonds is 6. The first-order chi connectivity index (χ1) is 15.1. The van der Waals surface area contributed by atoms with Crippen LogP contribution in [-0.4, -0.2) is 46.9 Å². The molecule has 2 aromatic heterocycles. The summed E-state index contributed by atoms with van der Waals surface area (Å²) in [6.45, 7) is 1.94. The molecular weight excluding hydrogens is 394 g/mol. The predicted molar refractivity (Wildman–Crippen MR) is 118 cm³/mol. The van der Waals surface area contributed by atoms with E-state index in [1.54, 1.807) is 24.4 Å². The number of benzene rings is 1. The van der Waals surface area contributed by atoms with Gasteiger partial charge in [0.05, 0.1) is 31.1 Å². The van der Waals surface area contributed by atoms with Crippen LogP contribution in [0.25, 0.3) is 0 Å². The van der Waals surface area contributed by atoms with E-state index in [2.05, 4.69) is 20.3 Å². The highest BCUT2D eigenvalue weighted by molar-refractivity contribution is 5.94. The van der Waals surface area contributed by atoms with Crippen LogP contribution in [0, 0.1) is 0 Å². The topological polar surface area (TPSA) is 89.4 Å². The van der Waals surface area contributed by atoms with Crippen molar-refractivity contribution in [2.45, 2.75) is 25.4 Å². The lowest BCUT2D eigenvalue weighted by Crippen LogP contribution is -2.45. The van der Waals surface area contributed by atoms with E-state index in [0.717, 1.165) is 37.2 Å². The highest BCUT2D eigenvalue weighted by atomic mass is 16.5. The average Bonchev–Trinajstić information content (AvgIpc) is 2.81. The monoisotopic (exact) mass is 419 g/mol. The normalized spacial score (nSPS) is 14.3. The zero-order chi connectivity index (χ0) is 21.6. The lowest BCUT2D eigenvalue weighted by molar-refractivity contribution is 0.0930. The van der Waals surface area contributed by atoms with Gasteiger partial charge in [-0.3, -0.25) is 9.59 Å². The number of hydrogen-bond donors (Lipinski definition) is 1. The van der Waals surface area contributed by atoms with Gasteiger partial charge in [0.25, 0.3) is 11.5 Å². The van der Waals surface area contributed by atoms with Gasteiger partial charge in [0, 0.05) is 37.5 Å². The second-order valence-electron chi connectivity index (χ2n) is 7.52. The number of methoxy groups -OCH3 is 1. The summed E-state index contributed by atoms with van der Waals surface area (Å²) in [4.78, 5) is 31.2. The molecule has 1 aromatic carbocycles. The number of ether oxygens (including phenoxy) is 1. The van der Waals surface area contributed by atoms with Gasteiger partial charge < -0.3 is 15.0 Å². The van der Waals surface area contributed by atoms with Crippen molar-refractivity contribution >= 4 is 11.6 Å². The third-order valence-corrected chi connectivity index (χ3v) is 5.43. The minimum atomic E-state index is -0.140. The summed E-state index contributed by atoms with van der Waals surface area (Å²) in [5.74, 6) is 0.336. The highest BCUT2D eigenvalue weighted by Crippen LogP contribution is 2.18. The molecule has 31 heavy (non-hydrogen) atoms. The van der Waals surface area contributed by atoms with Gasteiger partial charge in [-0.1, -0.05) is 30.3 Å². The zero-order valence-corrected chi connectivity index (χ0v) is 17.4. The number of carbonyl (C=O) groups excluding carboxylic acids is 1. The molecule has 0 saturated carbocycles. The van der Waals surface area contributed by atoms with E-state index in [9.17, 15) is 9.59 Å². The van der Waals surface area contributed by atoms with E-state index in [1.807, 2.05) is 30.3 Å². The van der Waals surface area contributed by atoms with Crippen molar-refractivity contribution in [3.63, 3.8) is 0 Å². The molecule has 8 nitrogen and oxygen atoms in total. The van der Waals surface area contributed by atoms with Crippen LogP contribution in [0.1, 0.15) is 28.8 Å². The smallest absolute Gasteiger partial charge is 0.269 e. The second kappa shape index (κ2) is 9.42. The van der Waals surface area contributed by atoms with Crippen LogP contribution in [0.3, 0.4) is 0 Å². The number of aromatic nitrogens is 3. The predicted octanol–water partition coefficient (Wildman–Crippen LogP) is 2.09. The Bertz CT molecular complexity index is 1070. The first kappa shape index (κ1) is 20.6. The van der Waals surface area contributed by atoms with Gasteiger partial charge in [-0.05, 0) is 24.5 Å². The summed E-state index contributed by atoms with van der Waals surface area (Å²) in [6.07, 6.45) is 4.84. The van der Waals surface area contributed by atoms with Crippen LogP contribution in [0.4, 0.5) is 5.69 Å². The number of nitrogens with one attached hydrogen (secondary N) is 1. The molecule has 8 heteroatoms. The van der Waals surface area contributed by atoms with E-state index in [4.69, 9.17) is 4.74 Å². The van der Waals surface area contributed by atoms with Crippen molar-refractivity contribution in [3.05, 3.63) is 82.4 Å². The summed E-state index contributed by atoms with van der Waals surface area (Å²) in [7, 11) is 1.54. The number of amides is 1. The van der Waals surface area contributed by atoms with Gasteiger partial charge >= 0.3 is 0 Å². The molecule has 1 saturated heterocycles. The van der Waals surface area contributed by atoms with Crippen molar-refractivity contribution in [3.8, 4) is 5.88 Å². The molecule has 0 aliphatic carbocycles. The molecule has 0 radical (unpaired) electrons. The van der Waals surface area contributed by atoms with Crippen LogP contribution in [0.5, 0.6) is 5.88 Å². The van der Waals surface area contributed by atoms with E-state index in [-0.39, 0.29) is 17.5 Å². The van der Waals surface area contributed by atoms with Crippen LogP contribution in [0.2, 0.25) is 0 Å². The Morgan fingerprint density at radius 2 is 1.90 bits per heavy atom. The molecule has 3 aromatic rings. The molecule has 160 valence electrons. The molecule has 0 spiro atoms. The second-order valence-corrected chi connectivity index (χ2v) is 7.52. The maximum atomic E-state index is 12.5. The fourth-order valence-corrected chi connectivity index (χ4v) is 3.66. The lowest BCUT2D eigenvalue weighted by Gasteiger charge is -2.33. The maximum Gasteiger partial charge on any atom is 0.269 e. The molecule has 1 N–H and O–H groups in total. The molecule has 0 unspecified atom stereocenters. The van der Waals surface area contributed by atoms with Crippen molar-refractivity contribution in [1.29, 1.82) is 0 Å². The molecule has 1 aliphatic rings. The van der Waals surface area contributed by atoms with Gasteiger partial charge in [0.1, 0.15) is 0 Å². The maximum absolute atomic E-state index is 12.5. The summed E-state index contributed by atoms with van der Waals surface area (Å²) in [6, 6.07) is 14.9. The fourth-order valence-electron chi connectivity index (χ4n) is 3.66. The van der Waals surface area contributed by atoms with Gasteiger partial charge in [-0.15, -0.1) is 0 Å². The van der Waals surface area contributed by atoms with Crippen LogP contribution in [-0.2, 0) is 6.54 Å². The Labute approximate surface area is 180 Å². The minimum absolute atomic E-state index is 0.0808. The number of carbonyl (C=O) groups is 1. The van der Waals surface area contributed by atoms with Crippen LogP contribution < -0.4 is 20.5 Å². The molecule has 1 aliphatic heterocycles. The van der Waals surface area contributed by atoms with Gasteiger partial charge in [-0.25, -0.2) is 9.67 Å². The fraction of sp³-hybridized carbons (Fsp3) is 0.304. The lowest BCUT2D eigenvalue weighted by atomic mass is 10.0. The number of anilines is 1. The molecular formula is C23H25N5O3.